The van der Waals surface area contributed by atoms with Crippen molar-refractivity contribution in [2.75, 3.05) is 26.2 Å². The third kappa shape index (κ3) is 5.63. The Labute approximate surface area is 222 Å². The summed E-state index contributed by atoms with van der Waals surface area (Å²) in [5, 5.41) is 13.4. The van der Waals surface area contributed by atoms with Gasteiger partial charge in [0.1, 0.15) is 18.1 Å². The molecule has 1 aromatic heterocycles. The summed E-state index contributed by atoms with van der Waals surface area (Å²) < 4.78 is 5.98. The first-order valence-corrected chi connectivity index (χ1v) is 13.6. The maximum atomic E-state index is 13.3. The van der Waals surface area contributed by atoms with Crippen LogP contribution in [-0.4, -0.2) is 52.8 Å². The average molecular weight is 519 g/mol. The van der Waals surface area contributed by atoms with Gasteiger partial charge in [0, 0.05) is 23.5 Å². The number of rotatable bonds is 10. The van der Waals surface area contributed by atoms with Crippen molar-refractivity contribution in [3.8, 4) is 5.75 Å². The largest absolute Gasteiger partial charge is 0.507 e. The van der Waals surface area contributed by atoms with E-state index >= 15 is 0 Å². The van der Waals surface area contributed by atoms with Crippen LogP contribution in [0.3, 0.4) is 0 Å². The van der Waals surface area contributed by atoms with E-state index in [0.29, 0.717) is 31.0 Å². The minimum atomic E-state index is -0.642. The summed E-state index contributed by atoms with van der Waals surface area (Å²) in [4.78, 5) is 31.2. The second-order valence-corrected chi connectivity index (χ2v) is 10.2. The van der Waals surface area contributed by atoms with Crippen LogP contribution in [0.15, 0.2) is 65.6 Å². The fourth-order valence-corrected chi connectivity index (χ4v) is 5.73. The first kappa shape index (κ1) is 26.6. The molecule has 2 heterocycles. The van der Waals surface area contributed by atoms with E-state index in [1.807, 2.05) is 55.6 Å². The first-order chi connectivity index (χ1) is 17.8. The number of ether oxygens (including phenoxy) is 1. The van der Waals surface area contributed by atoms with Crippen molar-refractivity contribution < 1.29 is 19.4 Å². The molecule has 1 amide bonds. The molecule has 1 fully saturated rings. The molecule has 37 heavy (non-hydrogen) atoms. The Morgan fingerprint density at radius 2 is 1.76 bits per heavy atom. The van der Waals surface area contributed by atoms with Crippen LogP contribution in [0.1, 0.15) is 47.0 Å². The summed E-state index contributed by atoms with van der Waals surface area (Å²) in [7, 11) is 0. The van der Waals surface area contributed by atoms with Gasteiger partial charge in [-0.3, -0.25) is 9.59 Å². The Morgan fingerprint density at radius 3 is 2.38 bits per heavy atom. The van der Waals surface area contributed by atoms with Crippen LogP contribution in [0, 0.1) is 13.8 Å². The van der Waals surface area contributed by atoms with Crippen molar-refractivity contribution in [2.24, 2.45) is 0 Å². The number of thiophene rings is 1. The van der Waals surface area contributed by atoms with Crippen molar-refractivity contribution in [1.29, 1.82) is 0 Å². The molecule has 0 saturated carbocycles. The van der Waals surface area contributed by atoms with Crippen LogP contribution in [0.2, 0.25) is 0 Å². The van der Waals surface area contributed by atoms with Crippen LogP contribution >= 0.6 is 11.3 Å². The Kier molecular flexibility index (Phi) is 8.46. The van der Waals surface area contributed by atoms with Crippen LogP contribution in [0.5, 0.6) is 5.75 Å². The molecule has 0 bridgehead atoms. The molecule has 6 nitrogen and oxygen atoms in total. The number of aliphatic hydroxyl groups excluding tert-OH is 1. The van der Waals surface area contributed by atoms with Gasteiger partial charge in [0.15, 0.2) is 0 Å². The third-order valence-corrected chi connectivity index (χ3v) is 8.00. The molecule has 0 radical (unpaired) electrons. The third-order valence-electron chi connectivity index (χ3n) is 6.93. The molecule has 1 N–H and O–H groups in total. The molecule has 4 rings (SSSR count). The Hall–Kier alpha value is -3.42. The number of Topliss-reactive ketones (excluding diaryl/α,β-unsaturated/α-hetero) is 1. The molecule has 0 spiro atoms. The van der Waals surface area contributed by atoms with Crippen molar-refractivity contribution in [3.05, 3.63) is 92.7 Å². The van der Waals surface area contributed by atoms with Gasteiger partial charge in [-0.1, -0.05) is 44.2 Å². The lowest BCUT2D eigenvalue weighted by Crippen LogP contribution is -2.37. The standard InChI is InChI=1S/C30H34N2O4S/c1-5-31(6-2)15-16-32-26(29-20(3)14-17-37-29)25(28(34)30(32)35)27(33)23-12-13-24(21(4)18-23)36-19-22-10-8-7-9-11-22/h7-14,17-18,26,33H,5-6,15-16,19H2,1-4H3/b27-25-. The number of likely N-dealkylation sites (N-methyl/N-ethyl adjacent to an activating group) is 1. The second kappa shape index (κ2) is 11.8. The number of aliphatic hydroxyl groups is 1. The molecule has 194 valence electrons. The lowest BCUT2D eigenvalue weighted by atomic mass is 9.97. The fourth-order valence-electron chi connectivity index (χ4n) is 4.69. The lowest BCUT2D eigenvalue weighted by molar-refractivity contribution is -0.140. The summed E-state index contributed by atoms with van der Waals surface area (Å²) >= 11 is 1.50. The van der Waals surface area contributed by atoms with Crippen LogP contribution in [0.25, 0.3) is 5.76 Å². The molecule has 0 aliphatic carbocycles. The van der Waals surface area contributed by atoms with Crippen molar-refractivity contribution in [2.45, 2.75) is 40.3 Å². The zero-order valence-corrected chi connectivity index (χ0v) is 22.7. The summed E-state index contributed by atoms with van der Waals surface area (Å²) in [6.45, 7) is 11.3. The van der Waals surface area contributed by atoms with Crippen molar-refractivity contribution in [1.82, 2.24) is 9.80 Å². The molecule has 1 atom stereocenters. The van der Waals surface area contributed by atoms with E-state index in [-0.39, 0.29) is 11.3 Å². The van der Waals surface area contributed by atoms with Gasteiger partial charge in [-0.2, -0.15) is 0 Å². The summed E-state index contributed by atoms with van der Waals surface area (Å²) in [5.41, 5.74) is 3.53. The zero-order chi connectivity index (χ0) is 26.5. The number of aryl methyl sites for hydroxylation is 2. The highest BCUT2D eigenvalue weighted by Gasteiger charge is 2.47. The monoisotopic (exact) mass is 518 g/mol. The number of nitrogens with zero attached hydrogens (tertiary/aromatic N) is 2. The molecule has 1 aliphatic rings. The molecule has 1 saturated heterocycles. The average Bonchev–Trinajstić information content (AvgIpc) is 3.44. The van der Waals surface area contributed by atoms with Gasteiger partial charge in [0.2, 0.25) is 0 Å². The number of hydrogen-bond donors (Lipinski definition) is 1. The fraction of sp³-hybridized carbons (Fsp3) is 0.333. The summed E-state index contributed by atoms with van der Waals surface area (Å²) in [6, 6.07) is 16.6. The predicted molar refractivity (Wildman–Crippen MR) is 148 cm³/mol. The molecule has 3 aromatic rings. The van der Waals surface area contributed by atoms with Gasteiger partial charge < -0.3 is 19.6 Å². The molecule has 1 unspecified atom stereocenters. The zero-order valence-electron chi connectivity index (χ0n) is 21.9. The minimum Gasteiger partial charge on any atom is -0.507 e. The van der Waals surface area contributed by atoms with Gasteiger partial charge in [-0.05, 0) is 73.3 Å². The van der Waals surface area contributed by atoms with Crippen LogP contribution in [-0.2, 0) is 16.2 Å². The molecule has 1 aliphatic heterocycles. The van der Waals surface area contributed by atoms with Gasteiger partial charge in [-0.25, -0.2) is 0 Å². The normalized spacial score (nSPS) is 17.1. The quantitative estimate of drug-likeness (QED) is 0.212. The summed E-state index contributed by atoms with van der Waals surface area (Å²) in [5.74, 6) is -0.659. The SMILES string of the molecule is CCN(CC)CCN1C(=O)C(=O)/C(=C(\O)c2ccc(OCc3ccccc3)c(C)c2)C1c1sccc1C. The number of ketones is 1. The number of hydrogen-bond acceptors (Lipinski definition) is 6. The van der Waals surface area contributed by atoms with Gasteiger partial charge in [-0.15, -0.1) is 11.3 Å². The van der Waals surface area contributed by atoms with Crippen LogP contribution < -0.4 is 4.74 Å². The van der Waals surface area contributed by atoms with Crippen molar-refractivity contribution in [3.63, 3.8) is 0 Å². The maximum absolute atomic E-state index is 13.3. The predicted octanol–water partition coefficient (Wildman–Crippen LogP) is 5.71. The number of amides is 1. The molecular formula is C30H34N2O4S. The number of likely N-dealkylation sites (tertiary alicyclic amines) is 1. The molecule has 2 aromatic carbocycles. The molecule has 7 heteroatoms. The van der Waals surface area contributed by atoms with E-state index in [9.17, 15) is 14.7 Å². The highest BCUT2D eigenvalue weighted by molar-refractivity contribution is 7.10. The number of carbonyl (C=O) groups is 2. The first-order valence-electron chi connectivity index (χ1n) is 12.7. The maximum Gasteiger partial charge on any atom is 0.295 e. The minimum absolute atomic E-state index is 0.146. The van der Waals surface area contributed by atoms with Gasteiger partial charge in [0.05, 0.1) is 11.6 Å². The van der Waals surface area contributed by atoms with E-state index in [0.717, 1.165) is 34.7 Å². The molecular weight excluding hydrogens is 484 g/mol. The van der Waals surface area contributed by atoms with E-state index in [1.54, 1.807) is 23.1 Å². The second-order valence-electron chi connectivity index (χ2n) is 9.24. The van der Waals surface area contributed by atoms with Gasteiger partial charge in [0.25, 0.3) is 11.7 Å². The highest BCUT2D eigenvalue weighted by Crippen LogP contribution is 2.42. The van der Waals surface area contributed by atoms with E-state index in [1.165, 1.54) is 11.3 Å². The number of benzene rings is 2. The Bertz CT molecular complexity index is 1290. The lowest BCUT2D eigenvalue weighted by Gasteiger charge is -2.27. The Morgan fingerprint density at radius 1 is 1.03 bits per heavy atom. The Balaban J connectivity index is 1.67. The van der Waals surface area contributed by atoms with E-state index < -0.39 is 17.7 Å². The van der Waals surface area contributed by atoms with Crippen molar-refractivity contribution >= 4 is 28.8 Å². The van der Waals surface area contributed by atoms with E-state index in [4.69, 9.17) is 4.74 Å². The smallest absolute Gasteiger partial charge is 0.295 e. The topological polar surface area (TPSA) is 70.1 Å². The highest BCUT2D eigenvalue weighted by atomic mass is 32.1. The van der Waals surface area contributed by atoms with Crippen LogP contribution in [0.4, 0.5) is 0 Å². The summed E-state index contributed by atoms with van der Waals surface area (Å²) in [6.07, 6.45) is 0. The number of carbonyl (C=O) groups excluding carboxylic acids is 2. The van der Waals surface area contributed by atoms with E-state index in [2.05, 4.69) is 18.7 Å². The van der Waals surface area contributed by atoms with Gasteiger partial charge >= 0.3 is 0 Å².